The number of rotatable bonds is 4. The Morgan fingerprint density at radius 3 is 2.54 bits per heavy atom. The quantitative estimate of drug-likeness (QED) is 0.848. The number of amides is 2. The van der Waals surface area contributed by atoms with E-state index in [-0.39, 0.29) is 18.6 Å². The molecule has 1 aliphatic rings. The van der Waals surface area contributed by atoms with Gasteiger partial charge in [-0.25, -0.2) is 0 Å². The minimum atomic E-state index is -0.271. The normalized spacial score (nSPS) is 12.2. The first kappa shape index (κ1) is 15.6. The maximum atomic E-state index is 12.0. The van der Waals surface area contributed by atoms with Crippen LogP contribution < -0.4 is 20.1 Å². The van der Waals surface area contributed by atoms with Crippen molar-refractivity contribution in [2.75, 3.05) is 17.4 Å². The Kier molecular flexibility index (Phi) is 4.47. The van der Waals surface area contributed by atoms with Gasteiger partial charge in [0.05, 0.1) is 0 Å². The van der Waals surface area contributed by atoms with E-state index < -0.39 is 0 Å². The highest BCUT2D eigenvalue weighted by atomic mass is 16.7. The maximum Gasteiger partial charge on any atom is 0.248 e. The van der Waals surface area contributed by atoms with E-state index in [0.29, 0.717) is 22.9 Å². The van der Waals surface area contributed by atoms with Gasteiger partial charge in [0.15, 0.2) is 11.5 Å². The number of fused-ring (bicyclic) bond motifs is 1. The summed E-state index contributed by atoms with van der Waals surface area (Å²) in [6.07, 6.45) is 3.12. The predicted octanol–water partition coefficient (Wildman–Crippen LogP) is 3.03. The molecule has 3 rings (SSSR count). The second kappa shape index (κ2) is 6.87. The molecule has 0 radical (unpaired) electrons. The second-order valence-corrected chi connectivity index (χ2v) is 5.20. The molecule has 2 N–H and O–H groups in total. The molecule has 2 aromatic rings. The van der Waals surface area contributed by atoms with E-state index in [0.717, 1.165) is 5.56 Å². The number of hydrogen-bond acceptors (Lipinski definition) is 4. The molecule has 2 amide bonds. The van der Waals surface area contributed by atoms with Crippen molar-refractivity contribution in [1.29, 1.82) is 0 Å². The van der Waals surface area contributed by atoms with Crippen LogP contribution in [0, 0.1) is 0 Å². The summed E-state index contributed by atoms with van der Waals surface area (Å²) in [7, 11) is 0. The third-order valence-corrected chi connectivity index (χ3v) is 3.27. The Bertz CT molecular complexity index is 814. The van der Waals surface area contributed by atoms with E-state index in [1.54, 1.807) is 36.4 Å². The molecule has 0 unspecified atom stereocenters. The van der Waals surface area contributed by atoms with Crippen LogP contribution in [0.25, 0.3) is 6.08 Å². The molecule has 24 heavy (non-hydrogen) atoms. The van der Waals surface area contributed by atoms with E-state index in [4.69, 9.17) is 9.47 Å². The molecule has 2 aromatic carbocycles. The smallest absolute Gasteiger partial charge is 0.248 e. The fraction of sp³-hybridized carbons (Fsp3) is 0.111. The van der Waals surface area contributed by atoms with Gasteiger partial charge in [-0.1, -0.05) is 12.1 Å². The Hall–Kier alpha value is -3.28. The van der Waals surface area contributed by atoms with Gasteiger partial charge in [0.2, 0.25) is 18.6 Å². The first-order valence-electron chi connectivity index (χ1n) is 7.36. The highest BCUT2D eigenvalue weighted by Gasteiger charge is 2.12. The van der Waals surface area contributed by atoms with Gasteiger partial charge in [0.25, 0.3) is 0 Å². The minimum Gasteiger partial charge on any atom is -0.454 e. The molecule has 6 heteroatoms. The molecule has 0 fully saturated rings. The first-order valence-corrected chi connectivity index (χ1v) is 7.36. The van der Waals surface area contributed by atoms with E-state index in [2.05, 4.69) is 10.6 Å². The topological polar surface area (TPSA) is 76.7 Å². The van der Waals surface area contributed by atoms with Crippen LogP contribution in [0.3, 0.4) is 0 Å². The third-order valence-electron chi connectivity index (χ3n) is 3.27. The van der Waals surface area contributed by atoms with Crippen LogP contribution in [-0.4, -0.2) is 18.6 Å². The molecule has 0 atom stereocenters. The Morgan fingerprint density at radius 1 is 1.00 bits per heavy atom. The SMILES string of the molecule is CC(=O)Nc1cccc(NC(=O)C=Cc2ccc3c(c2)OCO3)c1. The second-order valence-electron chi connectivity index (χ2n) is 5.20. The Balaban J connectivity index is 1.64. The Labute approximate surface area is 139 Å². The van der Waals surface area contributed by atoms with Gasteiger partial charge in [-0.15, -0.1) is 0 Å². The van der Waals surface area contributed by atoms with Crippen LogP contribution in [0.4, 0.5) is 11.4 Å². The summed E-state index contributed by atoms with van der Waals surface area (Å²) in [6.45, 7) is 1.65. The van der Waals surface area contributed by atoms with Gasteiger partial charge in [-0.05, 0) is 42.0 Å². The summed E-state index contributed by atoms with van der Waals surface area (Å²) in [6, 6.07) is 12.4. The zero-order valence-corrected chi connectivity index (χ0v) is 13.0. The fourth-order valence-electron chi connectivity index (χ4n) is 2.25. The van der Waals surface area contributed by atoms with Crippen LogP contribution in [-0.2, 0) is 9.59 Å². The van der Waals surface area contributed by atoms with E-state index in [1.165, 1.54) is 13.0 Å². The summed E-state index contributed by atoms with van der Waals surface area (Å²) in [4.78, 5) is 23.1. The van der Waals surface area contributed by atoms with E-state index >= 15 is 0 Å². The molecular weight excluding hydrogens is 308 g/mol. The molecular formula is C18H16N2O4. The summed E-state index contributed by atoms with van der Waals surface area (Å²) >= 11 is 0. The minimum absolute atomic E-state index is 0.166. The summed E-state index contributed by atoms with van der Waals surface area (Å²) in [5.41, 5.74) is 2.06. The lowest BCUT2D eigenvalue weighted by Gasteiger charge is -2.06. The van der Waals surface area contributed by atoms with Crippen molar-refractivity contribution in [2.24, 2.45) is 0 Å². The standard InChI is InChI=1S/C18H16N2O4/c1-12(21)19-14-3-2-4-15(10-14)20-18(22)8-6-13-5-7-16-17(9-13)24-11-23-16/h2-10H,11H2,1H3,(H,19,21)(H,20,22). The van der Waals surface area contributed by atoms with Gasteiger partial charge in [-0.3, -0.25) is 9.59 Å². The maximum absolute atomic E-state index is 12.0. The molecule has 0 aliphatic carbocycles. The lowest BCUT2D eigenvalue weighted by atomic mass is 10.2. The highest BCUT2D eigenvalue weighted by molar-refractivity contribution is 6.02. The number of carbonyl (C=O) groups is 2. The summed E-state index contributed by atoms with van der Waals surface area (Å²) in [5, 5.41) is 5.41. The summed E-state index contributed by atoms with van der Waals surface area (Å²) in [5.74, 6) is 0.931. The molecule has 0 bridgehead atoms. The average Bonchev–Trinajstić information content (AvgIpc) is 3.00. The molecule has 1 heterocycles. The molecule has 6 nitrogen and oxygen atoms in total. The van der Waals surface area contributed by atoms with Crippen molar-refractivity contribution < 1.29 is 19.1 Å². The van der Waals surface area contributed by atoms with E-state index in [9.17, 15) is 9.59 Å². The molecule has 1 aliphatic heterocycles. The number of nitrogens with one attached hydrogen (secondary N) is 2. The van der Waals surface area contributed by atoms with Gasteiger partial charge >= 0.3 is 0 Å². The molecule has 0 saturated carbocycles. The van der Waals surface area contributed by atoms with Crippen molar-refractivity contribution >= 4 is 29.3 Å². The summed E-state index contributed by atoms with van der Waals surface area (Å²) < 4.78 is 10.5. The van der Waals surface area contributed by atoms with Crippen LogP contribution >= 0.6 is 0 Å². The van der Waals surface area contributed by atoms with Gasteiger partial charge in [0, 0.05) is 24.4 Å². The molecule has 0 spiro atoms. The highest BCUT2D eigenvalue weighted by Crippen LogP contribution is 2.32. The zero-order chi connectivity index (χ0) is 16.9. The lowest BCUT2D eigenvalue weighted by Crippen LogP contribution is -2.09. The number of anilines is 2. The van der Waals surface area contributed by atoms with Crippen molar-refractivity contribution in [3.63, 3.8) is 0 Å². The molecule has 0 saturated heterocycles. The van der Waals surface area contributed by atoms with E-state index in [1.807, 2.05) is 12.1 Å². The van der Waals surface area contributed by atoms with Gasteiger partial charge in [0.1, 0.15) is 0 Å². The molecule has 0 aromatic heterocycles. The number of hydrogen-bond donors (Lipinski definition) is 2. The first-order chi connectivity index (χ1) is 11.6. The number of ether oxygens (including phenoxy) is 2. The molecule has 122 valence electrons. The third kappa shape index (κ3) is 3.92. The zero-order valence-electron chi connectivity index (χ0n) is 13.0. The number of benzene rings is 2. The monoisotopic (exact) mass is 324 g/mol. The van der Waals surface area contributed by atoms with Crippen molar-refractivity contribution in [1.82, 2.24) is 0 Å². The van der Waals surface area contributed by atoms with Crippen LogP contribution in [0.1, 0.15) is 12.5 Å². The lowest BCUT2D eigenvalue weighted by molar-refractivity contribution is -0.114. The van der Waals surface area contributed by atoms with Crippen molar-refractivity contribution in [3.8, 4) is 11.5 Å². The van der Waals surface area contributed by atoms with Gasteiger partial charge in [-0.2, -0.15) is 0 Å². The van der Waals surface area contributed by atoms with Crippen LogP contribution in [0.15, 0.2) is 48.5 Å². The van der Waals surface area contributed by atoms with Crippen molar-refractivity contribution in [2.45, 2.75) is 6.92 Å². The van der Waals surface area contributed by atoms with Crippen LogP contribution in [0.5, 0.6) is 11.5 Å². The average molecular weight is 324 g/mol. The Morgan fingerprint density at radius 2 is 1.75 bits per heavy atom. The predicted molar refractivity (Wildman–Crippen MR) is 91.0 cm³/mol. The fourth-order valence-corrected chi connectivity index (χ4v) is 2.25. The van der Waals surface area contributed by atoms with Gasteiger partial charge < -0.3 is 20.1 Å². The van der Waals surface area contributed by atoms with Crippen LogP contribution in [0.2, 0.25) is 0 Å². The van der Waals surface area contributed by atoms with Crippen molar-refractivity contribution in [3.05, 3.63) is 54.1 Å². The largest absolute Gasteiger partial charge is 0.454 e. The number of carbonyl (C=O) groups excluding carboxylic acids is 2.